The quantitative estimate of drug-likeness (QED) is 0.640. The van der Waals surface area contributed by atoms with Gasteiger partial charge in [0.1, 0.15) is 5.82 Å². The van der Waals surface area contributed by atoms with Gasteiger partial charge in [-0.15, -0.1) is 11.3 Å². The maximum atomic E-state index is 13.1. The van der Waals surface area contributed by atoms with Crippen molar-refractivity contribution in [2.45, 2.75) is 0 Å². The fourth-order valence-corrected chi connectivity index (χ4v) is 3.51. The molecule has 0 spiro atoms. The van der Waals surface area contributed by atoms with Gasteiger partial charge in [0.05, 0.1) is 14.4 Å². The van der Waals surface area contributed by atoms with Gasteiger partial charge in [-0.3, -0.25) is 4.79 Å². The van der Waals surface area contributed by atoms with Crippen LogP contribution in [0, 0.1) is 5.82 Å². The predicted octanol–water partition coefficient (Wildman–Crippen LogP) is 5.43. The molecule has 2 nitrogen and oxygen atoms in total. The van der Waals surface area contributed by atoms with E-state index in [1.807, 2.05) is 0 Å². The van der Waals surface area contributed by atoms with Crippen molar-refractivity contribution in [1.29, 1.82) is 0 Å². The van der Waals surface area contributed by atoms with Gasteiger partial charge in [0.25, 0.3) is 5.91 Å². The molecule has 1 N–H and O–H groups in total. The number of rotatable bonds is 2. The molecule has 0 fully saturated rings. The molecular formula is C11H5Br3FNOS. The zero-order valence-corrected chi connectivity index (χ0v) is 14.2. The average molecular weight is 458 g/mol. The second kappa shape index (κ2) is 5.81. The van der Waals surface area contributed by atoms with Crippen LogP contribution in [0.4, 0.5) is 10.1 Å². The summed E-state index contributed by atoms with van der Waals surface area (Å²) in [6, 6.07) is 5.83. The largest absolute Gasteiger partial charge is 0.320 e. The van der Waals surface area contributed by atoms with Crippen LogP contribution in [0.2, 0.25) is 0 Å². The topological polar surface area (TPSA) is 29.1 Å². The maximum Gasteiger partial charge on any atom is 0.265 e. The molecule has 18 heavy (non-hydrogen) atoms. The first-order chi connectivity index (χ1) is 8.47. The highest BCUT2D eigenvalue weighted by molar-refractivity contribution is 9.13. The Labute approximate surface area is 132 Å². The first kappa shape index (κ1) is 14.2. The molecule has 94 valence electrons. The van der Waals surface area contributed by atoms with E-state index in [0.717, 1.165) is 8.26 Å². The Morgan fingerprint density at radius 2 is 1.89 bits per heavy atom. The molecule has 0 saturated heterocycles. The minimum Gasteiger partial charge on any atom is -0.320 e. The zero-order valence-electron chi connectivity index (χ0n) is 8.64. The molecule has 2 rings (SSSR count). The molecular weight excluding hydrogens is 453 g/mol. The lowest BCUT2D eigenvalue weighted by molar-refractivity contribution is 0.103. The highest BCUT2D eigenvalue weighted by Gasteiger charge is 2.13. The summed E-state index contributed by atoms with van der Waals surface area (Å²) >= 11 is 11.2. The van der Waals surface area contributed by atoms with E-state index in [9.17, 15) is 9.18 Å². The lowest BCUT2D eigenvalue weighted by atomic mass is 10.3. The van der Waals surface area contributed by atoms with Gasteiger partial charge in [0, 0.05) is 8.95 Å². The molecule has 1 amide bonds. The third kappa shape index (κ3) is 3.20. The molecule has 0 atom stereocenters. The second-order valence-electron chi connectivity index (χ2n) is 3.31. The van der Waals surface area contributed by atoms with Gasteiger partial charge < -0.3 is 5.32 Å². The van der Waals surface area contributed by atoms with Gasteiger partial charge in [-0.1, -0.05) is 0 Å². The second-order valence-corrected chi connectivity index (χ2v) is 7.39. The van der Waals surface area contributed by atoms with Crippen molar-refractivity contribution in [2.24, 2.45) is 0 Å². The summed E-state index contributed by atoms with van der Waals surface area (Å²) in [5, 5.41) is 2.65. The van der Waals surface area contributed by atoms with Crippen LogP contribution < -0.4 is 5.32 Å². The van der Waals surface area contributed by atoms with Gasteiger partial charge >= 0.3 is 0 Å². The molecule has 1 aromatic heterocycles. The number of carbonyl (C=O) groups is 1. The molecule has 0 aliphatic rings. The summed E-state index contributed by atoms with van der Waals surface area (Å²) < 4.78 is 15.4. The number of amides is 1. The van der Waals surface area contributed by atoms with Crippen molar-refractivity contribution in [2.75, 3.05) is 5.32 Å². The van der Waals surface area contributed by atoms with Crippen molar-refractivity contribution in [1.82, 2.24) is 0 Å². The third-order valence-electron chi connectivity index (χ3n) is 2.05. The molecule has 2 aromatic rings. The van der Waals surface area contributed by atoms with Crippen LogP contribution >= 0.6 is 59.1 Å². The Kier molecular flexibility index (Phi) is 4.58. The molecule has 7 heteroatoms. The van der Waals surface area contributed by atoms with E-state index < -0.39 is 5.82 Å². The first-order valence-corrected chi connectivity index (χ1v) is 7.88. The lowest BCUT2D eigenvalue weighted by Crippen LogP contribution is -2.10. The van der Waals surface area contributed by atoms with E-state index >= 15 is 0 Å². The van der Waals surface area contributed by atoms with Gasteiger partial charge in [0.15, 0.2) is 0 Å². The Morgan fingerprint density at radius 1 is 1.17 bits per heavy atom. The number of nitrogens with one attached hydrogen (secondary N) is 1. The van der Waals surface area contributed by atoms with Crippen LogP contribution in [-0.2, 0) is 0 Å². The number of benzene rings is 1. The van der Waals surface area contributed by atoms with Gasteiger partial charge in [-0.25, -0.2) is 4.39 Å². The minimum absolute atomic E-state index is 0.280. The van der Waals surface area contributed by atoms with Gasteiger partial charge in [-0.05, 0) is 72.1 Å². The summed E-state index contributed by atoms with van der Waals surface area (Å²) in [5.74, 6) is -0.681. The fourth-order valence-electron chi connectivity index (χ4n) is 1.24. The highest BCUT2D eigenvalue weighted by Crippen LogP contribution is 2.33. The molecule has 0 aliphatic heterocycles. The number of thiophene rings is 1. The third-order valence-corrected chi connectivity index (χ3v) is 5.99. The Hall–Kier alpha value is -0.240. The van der Waals surface area contributed by atoms with Crippen molar-refractivity contribution in [3.63, 3.8) is 0 Å². The zero-order chi connectivity index (χ0) is 13.3. The molecule has 0 saturated carbocycles. The number of hydrogen-bond acceptors (Lipinski definition) is 2. The summed E-state index contributed by atoms with van der Waals surface area (Å²) in [6.07, 6.45) is 0. The standard InChI is InChI=1S/C11H5Br3FNOS/c12-6-2-1-5(15)3-8(6)16-11(17)9-4-7(13)10(14)18-9/h1-4H,(H,16,17). The molecule has 0 aliphatic carbocycles. The molecule has 1 aromatic carbocycles. The number of carbonyl (C=O) groups excluding carboxylic acids is 1. The predicted molar refractivity (Wildman–Crippen MR) is 81.8 cm³/mol. The minimum atomic E-state index is -0.401. The summed E-state index contributed by atoms with van der Waals surface area (Å²) in [7, 11) is 0. The van der Waals surface area contributed by atoms with Crippen molar-refractivity contribution in [3.05, 3.63) is 47.7 Å². The van der Waals surface area contributed by atoms with Crippen molar-refractivity contribution >= 4 is 70.7 Å². The fraction of sp³-hybridized carbons (Fsp3) is 0. The Bertz CT molecular complexity index is 595. The lowest BCUT2D eigenvalue weighted by Gasteiger charge is -2.05. The van der Waals surface area contributed by atoms with E-state index in [1.165, 1.54) is 23.5 Å². The number of hydrogen-bond donors (Lipinski definition) is 1. The van der Waals surface area contributed by atoms with Crippen LogP contribution in [0.3, 0.4) is 0 Å². The van der Waals surface area contributed by atoms with Crippen molar-refractivity contribution in [3.8, 4) is 0 Å². The van der Waals surface area contributed by atoms with E-state index in [4.69, 9.17) is 0 Å². The summed E-state index contributed by atoms with van der Waals surface area (Å²) in [4.78, 5) is 12.5. The number of anilines is 1. The van der Waals surface area contributed by atoms with Crippen LogP contribution in [0.25, 0.3) is 0 Å². The van der Waals surface area contributed by atoms with E-state index in [1.54, 1.807) is 12.1 Å². The van der Waals surface area contributed by atoms with Gasteiger partial charge in [-0.2, -0.15) is 0 Å². The van der Waals surface area contributed by atoms with Crippen LogP contribution in [-0.4, -0.2) is 5.91 Å². The summed E-state index contributed by atoms with van der Waals surface area (Å²) in [6.45, 7) is 0. The maximum absolute atomic E-state index is 13.1. The number of halogens is 4. The molecule has 0 unspecified atom stereocenters. The molecule has 0 radical (unpaired) electrons. The van der Waals surface area contributed by atoms with Crippen LogP contribution in [0.5, 0.6) is 0 Å². The van der Waals surface area contributed by atoms with Crippen LogP contribution in [0.1, 0.15) is 9.67 Å². The van der Waals surface area contributed by atoms with Gasteiger partial charge in [0.2, 0.25) is 0 Å². The first-order valence-electron chi connectivity index (χ1n) is 4.68. The SMILES string of the molecule is O=C(Nc1cc(F)ccc1Br)c1cc(Br)c(Br)s1. The normalized spacial score (nSPS) is 10.4. The van der Waals surface area contributed by atoms with Crippen molar-refractivity contribution < 1.29 is 9.18 Å². The van der Waals surface area contributed by atoms with E-state index in [-0.39, 0.29) is 5.91 Å². The summed E-state index contributed by atoms with van der Waals surface area (Å²) in [5.41, 5.74) is 0.403. The molecule has 1 heterocycles. The monoisotopic (exact) mass is 455 g/mol. The van der Waals surface area contributed by atoms with E-state index in [0.29, 0.717) is 15.0 Å². The highest BCUT2D eigenvalue weighted by atomic mass is 79.9. The van der Waals surface area contributed by atoms with E-state index in [2.05, 4.69) is 53.1 Å². The average Bonchev–Trinajstić information content (AvgIpc) is 2.64. The Balaban J connectivity index is 2.23. The molecule has 0 bridgehead atoms. The van der Waals surface area contributed by atoms with Crippen LogP contribution in [0.15, 0.2) is 37.0 Å². The Morgan fingerprint density at radius 3 is 2.50 bits per heavy atom. The smallest absolute Gasteiger partial charge is 0.265 e.